The van der Waals surface area contributed by atoms with E-state index in [1.807, 2.05) is 18.9 Å². The fraction of sp³-hybridized carbons (Fsp3) is 0.857. The first kappa shape index (κ1) is 9.43. The quantitative estimate of drug-likeness (QED) is 0.321. The smallest absolute Gasteiger partial charge is 0.0844 e. The summed E-state index contributed by atoms with van der Waals surface area (Å²) in [5, 5.41) is 0. The molecule has 0 saturated heterocycles. The van der Waals surface area contributed by atoms with E-state index >= 15 is 0 Å². The van der Waals surface area contributed by atoms with Gasteiger partial charge in [-0.3, -0.25) is 4.99 Å². The van der Waals surface area contributed by atoms with Gasteiger partial charge in [-0.1, -0.05) is 0 Å². The molecule has 0 aromatic carbocycles. The van der Waals surface area contributed by atoms with Gasteiger partial charge in [0.15, 0.2) is 0 Å². The monoisotopic (exact) mass is 144 g/mol. The topological polar surface area (TPSA) is 24.8 Å². The second-order valence-corrected chi connectivity index (χ2v) is 2.05. The van der Waals surface area contributed by atoms with E-state index in [0.717, 1.165) is 19.8 Å². The summed E-state index contributed by atoms with van der Waals surface area (Å²) in [6, 6.07) is 0. The van der Waals surface area contributed by atoms with Gasteiger partial charge in [-0.2, -0.15) is 0 Å². The molecule has 0 aliphatic carbocycles. The normalized spacial score (nSPS) is 10.7. The van der Waals surface area contributed by atoms with Gasteiger partial charge in [-0.05, 0) is 6.92 Å². The Labute approximate surface area is 62.7 Å². The van der Waals surface area contributed by atoms with Gasteiger partial charge in [-0.25, -0.2) is 0 Å². The lowest BCUT2D eigenvalue weighted by molar-refractivity contribution is 0.137. The van der Waals surface area contributed by atoms with Gasteiger partial charge in [0, 0.05) is 27.2 Å². The van der Waals surface area contributed by atoms with Crippen LogP contribution in [0.5, 0.6) is 0 Å². The summed E-state index contributed by atoms with van der Waals surface area (Å²) in [7, 11) is 3.74. The van der Waals surface area contributed by atoms with Crippen LogP contribution in [-0.4, -0.2) is 45.1 Å². The Bertz CT molecular complexity index is 93.6. The van der Waals surface area contributed by atoms with Crippen molar-refractivity contribution in [3.8, 4) is 0 Å². The fourth-order valence-corrected chi connectivity index (χ4v) is 0.608. The molecule has 10 heavy (non-hydrogen) atoms. The standard InChI is InChI=1S/C7H16N2O/c1-4-10-6-5-9(3)7-8-2/h7H,4-6H2,1-3H3/b8-7-. The molecule has 0 spiro atoms. The van der Waals surface area contributed by atoms with Gasteiger partial charge in [0.2, 0.25) is 0 Å². The lowest BCUT2D eigenvalue weighted by Gasteiger charge is -2.11. The van der Waals surface area contributed by atoms with Crippen LogP contribution in [0.15, 0.2) is 4.99 Å². The molecule has 0 radical (unpaired) electrons. The van der Waals surface area contributed by atoms with E-state index in [1.165, 1.54) is 0 Å². The molecule has 3 heteroatoms. The van der Waals surface area contributed by atoms with Crippen LogP contribution in [0.1, 0.15) is 6.92 Å². The van der Waals surface area contributed by atoms with Crippen LogP contribution in [0.3, 0.4) is 0 Å². The van der Waals surface area contributed by atoms with E-state index in [-0.39, 0.29) is 0 Å². The second kappa shape index (κ2) is 6.55. The average molecular weight is 144 g/mol. The summed E-state index contributed by atoms with van der Waals surface area (Å²) in [6.45, 7) is 4.47. The van der Waals surface area contributed by atoms with E-state index < -0.39 is 0 Å². The third-order valence-corrected chi connectivity index (χ3v) is 1.11. The molecule has 3 nitrogen and oxygen atoms in total. The van der Waals surface area contributed by atoms with Crippen molar-refractivity contribution in [1.82, 2.24) is 4.90 Å². The van der Waals surface area contributed by atoms with Crippen LogP contribution in [0.2, 0.25) is 0 Å². The summed E-state index contributed by atoms with van der Waals surface area (Å²) in [5.74, 6) is 0. The van der Waals surface area contributed by atoms with Gasteiger partial charge in [0.1, 0.15) is 0 Å². The number of rotatable bonds is 5. The zero-order valence-electron chi connectivity index (χ0n) is 7.00. The SMILES string of the molecule is CCOCCN(C)/C=N\C. The van der Waals surface area contributed by atoms with Gasteiger partial charge in [-0.15, -0.1) is 0 Å². The predicted molar refractivity (Wildman–Crippen MR) is 43.5 cm³/mol. The second-order valence-electron chi connectivity index (χ2n) is 2.05. The molecule has 0 saturated carbocycles. The Kier molecular flexibility index (Phi) is 6.18. The molecule has 60 valence electrons. The van der Waals surface area contributed by atoms with Crippen LogP contribution in [-0.2, 0) is 4.74 Å². The molecular weight excluding hydrogens is 128 g/mol. The van der Waals surface area contributed by atoms with Crippen LogP contribution in [0.25, 0.3) is 0 Å². The zero-order valence-corrected chi connectivity index (χ0v) is 7.00. The van der Waals surface area contributed by atoms with Crippen molar-refractivity contribution >= 4 is 6.34 Å². The summed E-state index contributed by atoms with van der Waals surface area (Å²) >= 11 is 0. The van der Waals surface area contributed by atoms with E-state index in [2.05, 4.69) is 4.99 Å². The van der Waals surface area contributed by atoms with Crippen LogP contribution < -0.4 is 0 Å². The Morgan fingerprint density at radius 1 is 1.60 bits per heavy atom. The van der Waals surface area contributed by atoms with Crippen LogP contribution >= 0.6 is 0 Å². The fourth-order valence-electron chi connectivity index (χ4n) is 0.608. The molecule has 0 bridgehead atoms. The number of ether oxygens (including phenoxy) is 1. The molecular formula is C7H16N2O. The third-order valence-electron chi connectivity index (χ3n) is 1.11. The van der Waals surface area contributed by atoms with Crippen molar-refractivity contribution in [2.45, 2.75) is 6.92 Å². The molecule has 0 heterocycles. The first-order valence-electron chi connectivity index (χ1n) is 3.51. The summed E-state index contributed by atoms with van der Waals surface area (Å²) in [6.07, 6.45) is 1.79. The molecule has 0 aliphatic heterocycles. The maximum atomic E-state index is 5.15. The Morgan fingerprint density at radius 2 is 2.30 bits per heavy atom. The van der Waals surface area contributed by atoms with Crippen molar-refractivity contribution < 1.29 is 4.74 Å². The minimum Gasteiger partial charge on any atom is -0.380 e. The zero-order chi connectivity index (χ0) is 7.82. The Morgan fingerprint density at radius 3 is 2.80 bits per heavy atom. The van der Waals surface area contributed by atoms with Gasteiger partial charge in [0.05, 0.1) is 12.9 Å². The molecule has 0 aliphatic rings. The summed E-state index contributed by atoms with van der Waals surface area (Å²) < 4.78 is 5.15. The minimum atomic E-state index is 0.777. The summed E-state index contributed by atoms with van der Waals surface area (Å²) in [4.78, 5) is 5.86. The van der Waals surface area contributed by atoms with E-state index in [4.69, 9.17) is 4.74 Å². The molecule has 0 unspecified atom stereocenters. The van der Waals surface area contributed by atoms with Gasteiger partial charge < -0.3 is 9.64 Å². The number of aliphatic imine (C=N–C) groups is 1. The number of hydrogen-bond acceptors (Lipinski definition) is 2. The van der Waals surface area contributed by atoms with E-state index in [1.54, 1.807) is 13.4 Å². The van der Waals surface area contributed by atoms with Crippen molar-refractivity contribution in [3.63, 3.8) is 0 Å². The van der Waals surface area contributed by atoms with Crippen molar-refractivity contribution in [3.05, 3.63) is 0 Å². The molecule has 0 aromatic rings. The number of likely N-dealkylation sites (N-methyl/N-ethyl adjacent to an activating group) is 1. The lowest BCUT2D eigenvalue weighted by atomic mass is 10.6. The lowest BCUT2D eigenvalue weighted by Crippen LogP contribution is -2.21. The van der Waals surface area contributed by atoms with Crippen molar-refractivity contribution in [2.24, 2.45) is 4.99 Å². The van der Waals surface area contributed by atoms with Gasteiger partial charge >= 0.3 is 0 Å². The molecule has 0 rings (SSSR count). The first-order chi connectivity index (χ1) is 4.81. The highest BCUT2D eigenvalue weighted by Gasteiger charge is 1.88. The molecule has 0 amide bonds. The van der Waals surface area contributed by atoms with Crippen LogP contribution in [0, 0.1) is 0 Å². The maximum absolute atomic E-state index is 5.15. The maximum Gasteiger partial charge on any atom is 0.0844 e. The van der Waals surface area contributed by atoms with Crippen LogP contribution in [0.4, 0.5) is 0 Å². The average Bonchev–Trinajstić information content (AvgIpc) is 1.89. The first-order valence-corrected chi connectivity index (χ1v) is 3.51. The third kappa shape index (κ3) is 5.56. The highest BCUT2D eigenvalue weighted by molar-refractivity contribution is 5.53. The van der Waals surface area contributed by atoms with E-state index in [9.17, 15) is 0 Å². The summed E-state index contributed by atoms with van der Waals surface area (Å²) in [5.41, 5.74) is 0. The van der Waals surface area contributed by atoms with Gasteiger partial charge in [0.25, 0.3) is 0 Å². The molecule has 0 atom stereocenters. The molecule has 0 N–H and O–H groups in total. The highest BCUT2D eigenvalue weighted by atomic mass is 16.5. The Hall–Kier alpha value is -0.570. The van der Waals surface area contributed by atoms with Crippen molar-refractivity contribution in [2.75, 3.05) is 33.9 Å². The molecule has 0 aromatic heterocycles. The Balaban J connectivity index is 3.13. The predicted octanol–water partition coefficient (Wildman–Crippen LogP) is 0.613. The molecule has 0 fully saturated rings. The van der Waals surface area contributed by atoms with E-state index in [0.29, 0.717) is 0 Å². The van der Waals surface area contributed by atoms with Crippen molar-refractivity contribution in [1.29, 1.82) is 0 Å². The minimum absolute atomic E-state index is 0.777. The number of nitrogens with zero attached hydrogens (tertiary/aromatic N) is 2. The highest BCUT2D eigenvalue weighted by Crippen LogP contribution is 1.78. The number of hydrogen-bond donors (Lipinski definition) is 0. The largest absolute Gasteiger partial charge is 0.380 e.